The summed E-state index contributed by atoms with van der Waals surface area (Å²) in [7, 11) is 1.81. The molecule has 29 heavy (non-hydrogen) atoms. The second-order valence-corrected chi connectivity index (χ2v) is 7.36. The molecule has 10 heteroatoms. The van der Waals surface area contributed by atoms with Crippen LogP contribution in [0.2, 0.25) is 5.02 Å². The van der Waals surface area contributed by atoms with Gasteiger partial charge in [-0.25, -0.2) is 0 Å². The van der Waals surface area contributed by atoms with Gasteiger partial charge in [-0.1, -0.05) is 23.4 Å². The minimum Gasteiger partial charge on any atom is -0.486 e. The van der Waals surface area contributed by atoms with Gasteiger partial charge < -0.3 is 20.4 Å². The number of primary amides is 1. The molecule has 0 bridgehead atoms. The summed E-state index contributed by atoms with van der Waals surface area (Å²) in [5.41, 5.74) is 6.15. The molecule has 0 aliphatic carbocycles. The number of anilines is 1. The molecule has 150 valence electrons. The van der Waals surface area contributed by atoms with E-state index >= 15 is 0 Å². The number of nitrogens with zero attached hydrogens (tertiary/aromatic N) is 3. The van der Waals surface area contributed by atoms with E-state index in [0.717, 1.165) is 0 Å². The number of nitrogens with two attached hydrogens (primary N) is 1. The van der Waals surface area contributed by atoms with Crippen molar-refractivity contribution in [1.82, 2.24) is 14.8 Å². The van der Waals surface area contributed by atoms with Crippen molar-refractivity contribution in [2.45, 2.75) is 11.8 Å². The van der Waals surface area contributed by atoms with Crippen molar-refractivity contribution in [2.24, 2.45) is 12.8 Å². The van der Waals surface area contributed by atoms with Crippen LogP contribution < -0.4 is 15.8 Å². The Morgan fingerprint density at radius 3 is 2.48 bits per heavy atom. The molecule has 8 nitrogen and oxygen atoms in total. The molecule has 3 N–H and O–H groups in total. The highest BCUT2D eigenvalue weighted by atomic mass is 35.5. The van der Waals surface area contributed by atoms with Crippen LogP contribution >= 0.6 is 23.4 Å². The van der Waals surface area contributed by atoms with E-state index in [1.54, 1.807) is 53.1 Å². The zero-order valence-electron chi connectivity index (χ0n) is 15.5. The van der Waals surface area contributed by atoms with Gasteiger partial charge in [0.25, 0.3) is 0 Å². The monoisotopic (exact) mass is 431 g/mol. The Morgan fingerprint density at radius 2 is 1.83 bits per heavy atom. The average molecular weight is 432 g/mol. The maximum absolute atomic E-state index is 12.1. The molecule has 0 fully saturated rings. The average Bonchev–Trinajstić information content (AvgIpc) is 3.06. The Hall–Kier alpha value is -3.04. The molecule has 0 saturated carbocycles. The van der Waals surface area contributed by atoms with Crippen LogP contribution in [0, 0.1) is 0 Å². The number of thioether (sulfide) groups is 1. The standard InChI is InChI=1S/C19H18ClN5O3S/c1-25-16(10-28-15-8-4-13(20)5-9-15)23-24-19(25)29-11-17(26)22-14-6-2-12(3-7-14)18(21)27/h2-9H,10-11H2,1H3,(H2,21,27)(H,22,26). The summed E-state index contributed by atoms with van der Waals surface area (Å²) in [5.74, 6) is 0.736. The second-order valence-electron chi connectivity index (χ2n) is 5.98. The number of rotatable bonds is 8. The van der Waals surface area contributed by atoms with Crippen LogP contribution in [0.3, 0.4) is 0 Å². The first-order valence-electron chi connectivity index (χ1n) is 8.51. The molecule has 0 unspecified atom stereocenters. The smallest absolute Gasteiger partial charge is 0.248 e. The van der Waals surface area contributed by atoms with Crippen LogP contribution in [0.15, 0.2) is 53.7 Å². The minimum absolute atomic E-state index is 0.154. The Labute approximate surface area is 176 Å². The van der Waals surface area contributed by atoms with Crippen molar-refractivity contribution in [3.8, 4) is 5.75 Å². The van der Waals surface area contributed by atoms with E-state index in [1.165, 1.54) is 11.8 Å². The molecule has 0 aliphatic heterocycles. The fourth-order valence-electron chi connectivity index (χ4n) is 2.32. The van der Waals surface area contributed by atoms with Crippen molar-refractivity contribution in [1.29, 1.82) is 0 Å². The molecular formula is C19H18ClN5O3S. The Balaban J connectivity index is 1.50. The summed E-state index contributed by atoms with van der Waals surface area (Å²) in [6, 6.07) is 13.4. The van der Waals surface area contributed by atoms with Crippen LogP contribution in [0.1, 0.15) is 16.2 Å². The summed E-state index contributed by atoms with van der Waals surface area (Å²) in [5, 5.41) is 12.2. The summed E-state index contributed by atoms with van der Waals surface area (Å²) in [6.45, 7) is 0.240. The van der Waals surface area contributed by atoms with Gasteiger partial charge in [-0.3, -0.25) is 9.59 Å². The zero-order valence-corrected chi connectivity index (χ0v) is 17.0. The van der Waals surface area contributed by atoms with Gasteiger partial charge in [-0.05, 0) is 48.5 Å². The lowest BCUT2D eigenvalue weighted by molar-refractivity contribution is -0.113. The first kappa shape index (κ1) is 20.7. The van der Waals surface area contributed by atoms with Gasteiger partial charge in [0.1, 0.15) is 12.4 Å². The Bertz CT molecular complexity index is 1010. The molecule has 0 radical (unpaired) electrons. The van der Waals surface area contributed by atoms with E-state index in [9.17, 15) is 9.59 Å². The van der Waals surface area contributed by atoms with Gasteiger partial charge in [0.2, 0.25) is 11.8 Å². The number of ether oxygens (including phenoxy) is 1. The van der Waals surface area contributed by atoms with Crippen LogP contribution in [-0.4, -0.2) is 32.3 Å². The molecular weight excluding hydrogens is 414 g/mol. The third-order valence-electron chi connectivity index (χ3n) is 3.89. The molecule has 0 atom stereocenters. The topological polar surface area (TPSA) is 112 Å². The number of carbonyl (C=O) groups excluding carboxylic acids is 2. The van der Waals surface area contributed by atoms with Crippen molar-refractivity contribution in [3.05, 3.63) is 64.9 Å². The lowest BCUT2D eigenvalue weighted by atomic mass is 10.2. The first-order chi connectivity index (χ1) is 13.9. The molecule has 2 aromatic carbocycles. The van der Waals surface area contributed by atoms with Crippen LogP contribution in [0.4, 0.5) is 5.69 Å². The SMILES string of the molecule is Cn1c(COc2ccc(Cl)cc2)nnc1SCC(=O)Nc1ccc(C(N)=O)cc1. The number of hydrogen-bond acceptors (Lipinski definition) is 6. The number of benzene rings is 2. The first-order valence-corrected chi connectivity index (χ1v) is 9.88. The predicted molar refractivity (Wildman–Crippen MR) is 111 cm³/mol. The van der Waals surface area contributed by atoms with E-state index in [0.29, 0.717) is 33.0 Å². The van der Waals surface area contributed by atoms with Gasteiger partial charge in [0.05, 0.1) is 5.75 Å². The third kappa shape index (κ3) is 5.72. The Kier molecular flexibility index (Phi) is 6.73. The largest absolute Gasteiger partial charge is 0.486 e. The van der Waals surface area contributed by atoms with Crippen molar-refractivity contribution >= 4 is 40.9 Å². The maximum Gasteiger partial charge on any atom is 0.248 e. The van der Waals surface area contributed by atoms with Gasteiger partial charge in [-0.2, -0.15) is 0 Å². The van der Waals surface area contributed by atoms with Gasteiger partial charge in [0, 0.05) is 23.3 Å². The lowest BCUT2D eigenvalue weighted by Crippen LogP contribution is -2.15. The predicted octanol–water partition coefficient (Wildman–Crippen LogP) is 2.88. The van der Waals surface area contributed by atoms with Crippen molar-refractivity contribution in [2.75, 3.05) is 11.1 Å². The van der Waals surface area contributed by atoms with Crippen molar-refractivity contribution < 1.29 is 14.3 Å². The molecule has 0 spiro atoms. The van der Waals surface area contributed by atoms with Gasteiger partial charge >= 0.3 is 0 Å². The molecule has 0 aliphatic rings. The van der Waals surface area contributed by atoms with E-state index in [-0.39, 0.29) is 18.3 Å². The van der Waals surface area contributed by atoms with Gasteiger partial charge in [0.15, 0.2) is 11.0 Å². The number of halogens is 1. The van der Waals surface area contributed by atoms with E-state index < -0.39 is 5.91 Å². The fraction of sp³-hybridized carbons (Fsp3) is 0.158. The normalized spacial score (nSPS) is 10.6. The number of hydrogen-bond donors (Lipinski definition) is 2. The number of amides is 2. The van der Waals surface area contributed by atoms with Crippen LogP contribution in [0.5, 0.6) is 5.75 Å². The number of aromatic nitrogens is 3. The van der Waals surface area contributed by atoms with E-state index in [4.69, 9.17) is 22.1 Å². The fourth-order valence-corrected chi connectivity index (χ4v) is 3.18. The number of nitrogens with one attached hydrogen (secondary N) is 1. The van der Waals surface area contributed by atoms with Crippen LogP contribution in [0.25, 0.3) is 0 Å². The highest BCUT2D eigenvalue weighted by Gasteiger charge is 2.12. The Morgan fingerprint density at radius 1 is 1.14 bits per heavy atom. The summed E-state index contributed by atoms with van der Waals surface area (Å²) < 4.78 is 7.44. The maximum atomic E-state index is 12.1. The number of carbonyl (C=O) groups is 2. The van der Waals surface area contributed by atoms with E-state index in [2.05, 4.69) is 15.5 Å². The molecule has 0 saturated heterocycles. The van der Waals surface area contributed by atoms with E-state index in [1.807, 2.05) is 7.05 Å². The molecule has 2 amide bonds. The minimum atomic E-state index is -0.517. The zero-order chi connectivity index (χ0) is 20.8. The van der Waals surface area contributed by atoms with Crippen LogP contribution in [-0.2, 0) is 18.4 Å². The quantitative estimate of drug-likeness (QED) is 0.530. The second kappa shape index (κ2) is 9.44. The molecule has 1 aromatic heterocycles. The molecule has 3 rings (SSSR count). The third-order valence-corrected chi connectivity index (χ3v) is 5.16. The van der Waals surface area contributed by atoms with Gasteiger partial charge in [-0.15, -0.1) is 10.2 Å². The summed E-state index contributed by atoms with van der Waals surface area (Å²) in [6.07, 6.45) is 0. The highest BCUT2D eigenvalue weighted by molar-refractivity contribution is 7.99. The highest BCUT2D eigenvalue weighted by Crippen LogP contribution is 2.19. The van der Waals surface area contributed by atoms with Crippen molar-refractivity contribution in [3.63, 3.8) is 0 Å². The molecule has 3 aromatic rings. The summed E-state index contributed by atoms with van der Waals surface area (Å²) >= 11 is 7.11. The summed E-state index contributed by atoms with van der Waals surface area (Å²) in [4.78, 5) is 23.2. The molecule has 1 heterocycles. The lowest BCUT2D eigenvalue weighted by Gasteiger charge is -2.07.